The van der Waals surface area contributed by atoms with Crippen LogP contribution in [0.3, 0.4) is 0 Å². The summed E-state index contributed by atoms with van der Waals surface area (Å²) in [7, 11) is 0. The normalized spacial score (nSPS) is 28.3. The van der Waals surface area contributed by atoms with Gasteiger partial charge in [0.15, 0.2) is 0 Å². The highest BCUT2D eigenvalue weighted by Crippen LogP contribution is 2.72. The topological polar surface area (TPSA) is 81.2 Å². The molecule has 222 valence electrons. The van der Waals surface area contributed by atoms with Crippen LogP contribution in [0.4, 0.5) is 11.4 Å². The fraction of sp³-hybridized carbons (Fsp3) is 0.424. The molecule has 3 amide bonds. The molecule has 0 radical (unpaired) electrons. The van der Waals surface area contributed by atoms with Gasteiger partial charge in [-0.1, -0.05) is 48.9 Å². The molecule has 7 nitrogen and oxygen atoms in total. The van der Waals surface area contributed by atoms with Gasteiger partial charge in [-0.25, -0.2) is 0 Å². The third kappa shape index (κ3) is 4.77. The maximum absolute atomic E-state index is 14.7. The van der Waals surface area contributed by atoms with E-state index < -0.39 is 33.4 Å². The van der Waals surface area contributed by atoms with Gasteiger partial charge in [0.25, 0.3) is 5.91 Å². The molecular formula is C33H38ClN3O4S. The second kappa shape index (κ2) is 11.9. The number of fused-ring (bicyclic) bond motifs is 1. The van der Waals surface area contributed by atoms with E-state index in [0.29, 0.717) is 36.5 Å². The molecule has 2 unspecified atom stereocenters. The van der Waals surface area contributed by atoms with Crippen LogP contribution < -0.4 is 9.80 Å². The summed E-state index contributed by atoms with van der Waals surface area (Å²) in [4.78, 5) is 48.8. The van der Waals surface area contributed by atoms with Gasteiger partial charge in [-0.05, 0) is 62.6 Å². The summed E-state index contributed by atoms with van der Waals surface area (Å²) in [5, 5.41) is 11.0. The summed E-state index contributed by atoms with van der Waals surface area (Å²) < 4.78 is -1.34. The van der Waals surface area contributed by atoms with Crippen molar-refractivity contribution >= 4 is 52.5 Å². The first-order valence-corrected chi connectivity index (χ1v) is 15.6. The standard InChI is InChI=1S/C33H38ClN3O4S/c1-5-19-35(24-11-9-8-10-12-24)29(39)26-27-30(40)37(23(7-3)21-38)28(33(27)18-17-32(26,4)42-33)31(41)36(20-6-2)25-15-13-22(34)14-16-25/h5-6,8-16,23,26-28,38H,1-2,7,17-21H2,3-4H3/t23-,26+,27-,28?,32-,33?/m0/s1. The van der Waals surface area contributed by atoms with E-state index in [1.807, 2.05) is 37.3 Å². The van der Waals surface area contributed by atoms with Crippen molar-refractivity contribution in [2.45, 2.75) is 54.7 Å². The van der Waals surface area contributed by atoms with Gasteiger partial charge >= 0.3 is 0 Å². The number of rotatable bonds is 11. The molecule has 3 aliphatic heterocycles. The van der Waals surface area contributed by atoms with Crippen LogP contribution in [-0.4, -0.2) is 69.0 Å². The van der Waals surface area contributed by atoms with Crippen molar-refractivity contribution in [2.75, 3.05) is 29.5 Å². The molecule has 1 N–H and O–H groups in total. The van der Waals surface area contributed by atoms with Crippen LogP contribution in [0.25, 0.3) is 0 Å². The number of amides is 3. The predicted molar refractivity (Wildman–Crippen MR) is 170 cm³/mol. The summed E-state index contributed by atoms with van der Waals surface area (Å²) >= 11 is 7.77. The number of halogens is 1. The van der Waals surface area contributed by atoms with E-state index in [4.69, 9.17) is 11.6 Å². The lowest BCUT2D eigenvalue weighted by atomic mass is 9.66. The van der Waals surface area contributed by atoms with Gasteiger partial charge in [0.05, 0.1) is 29.2 Å². The van der Waals surface area contributed by atoms with Crippen LogP contribution in [0.1, 0.15) is 33.1 Å². The van der Waals surface area contributed by atoms with Crippen LogP contribution in [0.2, 0.25) is 5.02 Å². The summed E-state index contributed by atoms with van der Waals surface area (Å²) in [5.74, 6) is -1.94. The number of hydrogen-bond donors (Lipinski definition) is 1. The van der Waals surface area contributed by atoms with Gasteiger partial charge in [0.1, 0.15) is 6.04 Å². The smallest absolute Gasteiger partial charge is 0.251 e. The zero-order chi connectivity index (χ0) is 30.2. The lowest BCUT2D eigenvalue weighted by molar-refractivity contribution is -0.142. The highest BCUT2D eigenvalue weighted by Gasteiger charge is 2.78. The molecule has 9 heteroatoms. The van der Waals surface area contributed by atoms with Crippen molar-refractivity contribution in [2.24, 2.45) is 11.8 Å². The zero-order valence-electron chi connectivity index (χ0n) is 24.1. The number of aliphatic hydroxyl groups excluding tert-OH is 1. The first kappa shape index (κ1) is 30.4. The molecule has 1 spiro atoms. The molecule has 6 atom stereocenters. The molecule has 3 aliphatic rings. The van der Waals surface area contributed by atoms with E-state index in [2.05, 4.69) is 20.1 Å². The molecule has 42 heavy (non-hydrogen) atoms. The molecular weight excluding hydrogens is 570 g/mol. The molecule has 3 heterocycles. The second-order valence-electron chi connectivity index (χ2n) is 11.5. The van der Waals surface area contributed by atoms with Crippen LogP contribution in [0, 0.1) is 11.8 Å². The Labute approximate surface area is 257 Å². The SMILES string of the molecule is C=CCN(C(=O)C1N([C@@H](CC)CO)C(=O)[C@@H]2[C@H](C(=O)N(CC=C)c3ccccc3)[C@]3(C)CCC12S3)c1ccc(Cl)cc1. The number of anilines is 2. The largest absolute Gasteiger partial charge is 0.394 e. The van der Waals surface area contributed by atoms with E-state index in [-0.39, 0.29) is 30.9 Å². The highest BCUT2D eigenvalue weighted by atomic mass is 35.5. The number of carbonyl (C=O) groups is 3. The minimum atomic E-state index is -0.850. The van der Waals surface area contributed by atoms with Crippen LogP contribution in [-0.2, 0) is 14.4 Å². The quantitative estimate of drug-likeness (QED) is 0.349. The summed E-state index contributed by atoms with van der Waals surface area (Å²) in [5.41, 5.74) is 1.38. The fourth-order valence-corrected chi connectivity index (χ4v) is 9.73. The van der Waals surface area contributed by atoms with Gasteiger partial charge in [-0.3, -0.25) is 14.4 Å². The van der Waals surface area contributed by atoms with E-state index in [9.17, 15) is 19.5 Å². The van der Waals surface area contributed by atoms with Gasteiger partial charge in [0.2, 0.25) is 11.8 Å². The number of likely N-dealkylation sites (tertiary alicyclic amines) is 1. The zero-order valence-corrected chi connectivity index (χ0v) is 25.7. The number of thioether (sulfide) groups is 1. The van der Waals surface area contributed by atoms with E-state index in [1.54, 1.807) is 62.9 Å². The monoisotopic (exact) mass is 607 g/mol. The van der Waals surface area contributed by atoms with Crippen molar-refractivity contribution in [1.29, 1.82) is 0 Å². The second-order valence-corrected chi connectivity index (χ2v) is 13.8. The molecule has 2 aromatic carbocycles. The highest BCUT2D eigenvalue weighted by molar-refractivity contribution is 8.02. The summed E-state index contributed by atoms with van der Waals surface area (Å²) in [6.07, 6.45) is 5.15. The molecule has 3 saturated heterocycles. The fourth-order valence-electron chi connectivity index (χ4n) is 7.27. The van der Waals surface area contributed by atoms with Crippen molar-refractivity contribution in [3.05, 3.63) is 84.9 Å². The molecule has 0 saturated carbocycles. The molecule has 3 fully saturated rings. The maximum Gasteiger partial charge on any atom is 0.251 e. The minimum Gasteiger partial charge on any atom is -0.394 e. The molecule has 0 aliphatic carbocycles. The number of carbonyl (C=O) groups excluding carboxylic acids is 3. The van der Waals surface area contributed by atoms with Gasteiger partial charge < -0.3 is 19.8 Å². The van der Waals surface area contributed by atoms with Crippen LogP contribution in [0.5, 0.6) is 0 Å². The number of aliphatic hydroxyl groups is 1. The Morgan fingerprint density at radius 1 is 1.05 bits per heavy atom. The van der Waals surface area contributed by atoms with Gasteiger partial charge in [0, 0.05) is 34.2 Å². The Kier molecular flexibility index (Phi) is 8.61. The van der Waals surface area contributed by atoms with Crippen LogP contribution in [0.15, 0.2) is 79.9 Å². The number of benzene rings is 2. The van der Waals surface area contributed by atoms with Crippen molar-refractivity contribution < 1.29 is 19.5 Å². The summed E-state index contributed by atoms with van der Waals surface area (Å²) in [6, 6.07) is 15.0. The van der Waals surface area contributed by atoms with E-state index >= 15 is 0 Å². The molecule has 2 aromatic rings. The Balaban J connectivity index is 1.62. The van der Waals surface area contributed by atoms with Crippen molar-refractivity contribution in [3.8, 4) is 0 Å². The molecule has 2 bridgehead atoms. The Morgan fingerprint density at radius 2 is 1.64 bits per heavy atom. The van der Waals surface area contributed by atoms with E-state index in [0.717, 1.165) is 5.69 Å². The van der Waals surface area contributed by atoms with Crippen molar-refractivity contribution in [3.63, 3.8) is 0 Å². The number of hydrogen-bond acceptors (Lipinski definition) is 5. The predicted octanol–water partition coefficient (Wildman–Crippen LogP) is 5.33. The molecule has 5 rings (SSSR count). The number of nitrogens with zero attached hydrogens (tertiary/aromatic N) is 3. The third-order valence-corrected chi connectivity index (χ3v) is 11.4. The van der Waals surface area contributed by atoms with Crippen LogP contribution >= 0.6 is 23.4 Å². The van der Waals surface area contributed by atoms with Gasteiger partial charge in [-0.15, -0.1) is 24.9 Å². The Bertz CT molecular complexity index is 1370. The molecule has 0 aromatic heterocycles. The van der Waals surface area contributed by atoms with Gasteiger partial charge in [-0.2, -0.15) is 0 Å². The maximum atomic E-state index is 14.7. The lowest BCUT2D eigenvalue weighted by Crippen LogP contribution is -2.57. The van der Waals surface area contributed by atoms with Crippen molar-refractivity contribution in [1.82, 2.24) is 4.90 Å². The van der Waals surface area contributed by atoms with E-state index in [1.165, 1.54) is 0 Å². The first-order chi connectivity index (χ1) is 20.2. The Morgan fingerprint density at radius 3 is 2.21 bits per heavy atom. The first-order valence-electron chi connectivity index (χ1n) is 14.5. The summed E-state index contributed by atoms with van der Waals surface area (Å²) in [6.45, 7) is 12.0. The average molecular weight is 608 g/mol. The average Bonchev–Trinajstić information content (AvgIpc) is 3.56. The number of para-hydroxylation sites is 1. The third-order valence-electron chi connectivity index (χ3n) is 9.15. The lowest BCUT2D eigenvalue weighted by Gasteiger charge is -2.39. The Hall–Kier alpha value is -3.07. The minimum absolute atomic E-state index is 0.137.